The molecule has 1 aromatic rings. The van der Waals surface area contributed by atoms with Gasteiger partial charge in [0.05, 0.1) is 12.7 Å². The number of para-hydroxylation sites is 1. The van der Waals surface area contributed by atoms with E-state index in [1.165, 1.54) is 19.3 Å². The van der Waals surface area contributed by atoms with Crippen molar-refractivity contribution in [3.8, 4) is 0 Å². The summed E-state index contributed by atoms with van der Waals surface area (Å²) in [5.41, 5.74) is 1.14. The third kappa shape index (κ3) is 4.50. The van der Waals surface area contributed by atoms with E-state index in [9.17, 15) is 0 Å². The van der Waals surface area contributed by atoms with Crippen molar-refractivity contribution in [2.45, 2.75) is 39.2 Å². The molecule has 0 amide bonds. The molecular weight excluding hydrogens is 302 g/mol. The predicted molar refractivity (Wildman–Crippen MR) is 84.6 cm³/mol. The summed E-state index contributed by atoms with van der Waals surface area (Å²) < 4.78 is 7.09. The third-order valence-electron chi connectivity index (χ3n) is 4.19. The number of halogens is 1. The van der Waals surface area contributed by atoms with Crippen LogP contribution >= 0.6 is 15.9 Å². The Hall–Kier alpha value is -0.540. The van der Waals surface area contributed by atoms with Crippen LogP contribution < -0.4 is 5.32 Å². The van der Waals surface area contributed by atoms with Gasteiger partial charge in [0.15, 0.2) is 0 Å². The topological polar surface area (TPSA) is 21.3 Å². The molecule has 0 spiro atoms. The highest BCUT2D eigenvalue weighted by Gasteiger charge is 2.24. The SMILES string of the molecule is CC1CCC(OCCNc2ccccc2Br)CC1C. The molecule has 1 fully saturated rings. The van der Waals surface area contributed by atoms with Crippen LogP contribution in [-0.2, 0) is 4.74 Å². The minimum atomic E-state index is 0.465. The summed E-state index contributed by atoms with van der Waals surface area (Å²) in [7, 11) is 0. The Bertz CT molecular complexity index is 396. The first kappa shape index (κ1) is 14.9. The van der Waals surface area contributed by atoms with E-state index in [1.807, 2.05) is 18.2 Å². The van der Waals surface area contributed by atoms with Crippen LogP contribution in [0.4, 0.5) is 5.69 Å². The summed E-state index contributed by atoms with van der Waals surface area (Å²) in [5.74, 6) is 1.66. The molecule has 2 nitrogen and oxygen atoms in total. The Morgan fingerprint density at radius 3 is 2.74 bits per heavy atom. The Morgan fingerprint density at radius 1 is 1.21 bits per heavy atom. The minimum absolute atomic E-state index is 0.465. The van der Waals surface area contributed by atoms with Gasteiger partial charge in [-0.25, -0.2) is 0 Å². The van der Waals surface area contributed by atoms with Crippen molar-refractivity contribution < 1.29 is 4.74 Å². The smallest absolute Gasteiger partial charge is 0.0642 e. The monoisotopic (exact) mass is 325 g/mol. The van der Waals surface area contributed by atoms with Crippen molar-refractivity contribution in [1.82, 2.24) is 0 Å². The summed E-state index contributed by atoms with van der Waals surface area (Å²) in [4.78, 5) is 0. The molecule has 106 valence electrons. The molecule has 2 rings (SSSR count). The van der Waals surface area contributed by atoms with E-state index in [2.05, 4.69) is 41.2 Å². The first-order chi connectivity index (χ1) is 9.16. The van der Waals surface area contributed by atoms with Gasteiger partial charge in [-0.1, -0.05) is 26.0 Å². The molecule has 3 unspecified atom stereocenters. The first-order valence-electron chi connectivity index (χ1n) is 7.27. The number of hydrogen-bond acceptors (Lipinski definition) is 2. The second-order valence-corrected chi connectivity index (χ2v) is 6.52. The van der Waals surface area contributed by atoms with Crippen LogP contribution in [0.3, 0.4) is 0 Å². The van der Waals surface area contributed by atoms with E-state index in [4.69, 9.17) is 4.74 Å². The second-order valence-electron chi connectivity index (χ2n) is 5.67. The fraction of sp³-hybridized carbons (Fsp3) is 0.625. The van der Waals surface area contributed by atoms with Gasteiger partial charge in [0.2, 0.25) is 0 Å². The fourth-order valence-electron chi connectivity index (χ4n) is 2.67. The number of rotatable bonds is 5. The van der Waals surface area contributed by atoms with E-state index in [0.717, 1.165) is 35.1 Å². The van der Waals surface area contributed by atoms with Crippen molar-refractivity contribution in [2.75, 3.05) is 18.5 Å². The van der Waals surface area contributed by atoms with Gasteiger partial charge >= 0.3 is 0 Å². The average molecular weight is 326 g/mol. The molecule has 3 atom stereocenters. The van der Waals surface area contributed by atoms with Gasteiger partial charge in [-0.05, 0) is 59.2 Å². The number of anilines is 1. The zero-order chi connectivity index (χ0) is 13.7. The molecule has 1 N–H and O–H groups in total. The van der Waals surface area contributed by atoms with E-state index < -0.39 is 0 Å². The molecule has 1 aromatic carbocycles. The normalized spacial score (nSPS) is 27.2. The number of hydrogen-bond donors (Lipinski definition) is 1. The molecule has 0 heterocycles. The second kappa shape index (κ2) is 7.30. The van der Waals surface area contributed by atoms with Crippen molar-refractivity contribution in [1.29, 1.82) is 0 Å². The van der Waals surface area contributed by atoms with Gasteiger partial charge in [0, 0.05) is 16.7 Å². The predicted octanol–water partition coefficient (Wildman–Crippen LogP) is 4.70. The Labute approximate surface area is 125 Å². The van der Waals surface area contributed by atoms with E-state index >= 15 is 0 Å². The maximum Gasteiger partial charge on any atom is 0.0642 e. The lowest BCUT2D eigenvalue weighted by Gasteiger charge is -2.32. The van der Waals surface area contributed by atoms with E-state index in [-0.39, 0.29) is 0 Å². The van der Waals surface area contributed by atoms with Crippen LogP contribution in [0.2, 0.25) is 0 Å². The van der Waals surface area contributed by atoms with Gasteiger partial charge < -0.3 is 10.1 Å². The molecule has 19 heavy (non-hydrogen) atoms. The van der Waals surface area contributed by atoms with E-state index in [0.29, 0.717) is 6.10 Å². The van der Waals surface area contributed by atoms with Crippen LogP contribution in [0.5, 0.6) is 0 Å². The summed E-state index contributed by atoms with van der Waals surface area (Å²) in [6.07, 6.45) is 4.22. The molecule has 0 aliphatic heterocycles. The van der Waals surface area contributed by atoms with Crippen LogP contribution in [0.1, 0.15) is 33.1 Å². The zero-order valence-electron chi connectivity index (χ0n) is 11.9. The Kier molecular flexibility index (Phi) is 5.71. The number of nitrogens with one attached hydrogen (secondary N) is 1. The summed E-state index contributed by atoms with van der Waals surface area (Å²) in [6, 6.07) is 8.19. The molecule has 0 saturated heterocycles. The maximum atomic E-state index is 5.99. The van der Waals surface area contributed by atoms with Crippen LogP contribution in [0.25, 0.3) is 0 Å². The average Bonchev–Trinajstić information content (AvgIpc) is 2.40. The highest BCUT2D eigenvalue weighted by molar-refractivity contribution is 9.10. The summed E-state index contributed by atoms with van der Waals surface area (Å²) in [5, 5.41) is 3.40. The lowest BCUT2D eigenvalue weighted by molar-refractivity contribution is 0.00778. The van der Waals surface area contributed by atoms with E-state index in [1.54, 1.807) is 0 Å². The first-order valence-corrected chi connectivity index (χ1v) is 8.06. The molecule has 0 aromatic heterocycles. The van der Waals surface area contributed by atoms with Crippen LogP contribution in [0, 0.1) is 11.8 Å². The minimum Gasteiger partial charge on any atom is -0.382 e. The van der Waals surface area contributed by atoms with Crippen molar-refractivity contribution >= 4 is 21.6 Å². The van der Waals surface area contributed by atoms with Crippen molar-refractivity contribution in [3.05, 3.63) is 28.7 Å². The van der Waals surface area contributed by atoms with Gasteiger partial charge in [-0.2, -0.15) is 0 Å². The molecular formula is C16H24BrNO. The van der Waals surface area contributed by atoms with Crippen molar-refractivity contribution in [2.24, 2.45) is 11.8 Å². The van der Waals surface area contributed by atoms with Gasteiger partial charge in [0.1, 0.15) is 0 Å². The molecule has 0 bridgehead atoms. The lowest BCUT2D eigenvalue weighted by Crippen LogP contribution is -2.28. The highest BCUT2D eigenvalue weighted by atomic mass is 79.9. The molecule has 1 aliphatic rings. The van der Waals surface area contributed by atoms with Crippen molar-refractivity contribution in [3.63, 3.8) is 0 Å². The Morgan fingerprint density at radius 2 is 2.00 bits per heavy atom. The molecule has 1 saturated carbocycles. The standard InChI is InChI=1S/C16H24BrNO/c1-12-7-8-14(11-13(12)2)19-10-9-18-16-6-4-3-5-15(16)17/h3-6,12-14,18H,7-11H2,1-2H3. The quantitative estimate of drug-likeness (QED) is 0.792. The molecule has 1 aliphatic carbocycles. The van der Waals surface area contributed by atoms with Gasteiger partial charge in [0.25, 0.3) is 0 Å². The summed E-state index contributed by atoms with van der Waals surface area (Å²) in [6.45, 7) is 6.35. The number of benzene rings is 1. The largest absolute Gasteiger partial charge is 0.382 e. The van der Waals surface area contributed by atoms with Gasteiger partial charge in [-0.15, -0.1) is 0 Å². The Balaban J connectivity index is 1.66. The fourth-order valence-corrected chi connectivity index (χ4v) is 3.09. The third-order valence-corrected chi connectivity index (χ3v) is 4.89. The van der Waals surface area contributed by atoms with Crippen LogP contribution in [0.15, 0.2) is 28.7 Å². The highest BCUT2D eigenvalue weighted by Crippen LogP contribution is 2.30. The van der Waals surface area contributed by atoms with Gasteiger partial charge in [-0.3, -0.25) is 0 Å². The summed E-state index contributed by atoms with van der Waals surface area (Å²) >= 11 is 3.54. The van der Waals surface area contributed by atoms with Crippen LogP contribution in [-0.4, -0.2) is 19.3 Å². The maximum absolute atomic E-state index is 5.99. The zero-order valence-corrected chi connectivity index (χ0v) is 13.4. The molecule has 0 radical (unpaired) electrons. The lowest BCUT2D eigenvalue weighted by atomic mass is 9.80. The molecule has 3 heteroatoms. The number of ether oxygens (including phenoxy) is 1.